The van der Waals surface area contributed by atoms with Crippen molar-refractivity contribution < 1.29 is 17.6 Å². The minimum Gasteiger partial charge on any atom is -0.415 e. The normalized spacial score (nSPS) is 14.7. The van der Waals surface area contributed by atoms with E-state index < -0.39 is 29.4 Å². The molecule has 0 spiro atoms. The largest absolute Gasteiger partial charge is 0.415 e. The molecule has 0 saturated carbocycles. The van der Waals surface area contributed by atoms with Gasteiger partial charge in [0.2, 0.25) is 5.89 Å². The monoisotopic (exact) mass is 486 g/mol. The van der Waals surface area contributed by atoms with Gasteiger partial charge in [0.05, 0.1) is 28.7 Å². The Morgan fingerprint density at radius 3 is 2.57 bits per heavy atom. The van der Waals surface area contributed by atoms with E-state index >= 15 is 0 Å². The number of aromatic nitrogens is 5. The molecule has 5 rings (SSSR count). The molecule has 1 aromatic carbocycles. The van der Waals surface area contributed by atoms with E-state index in [1.807, 2.05) is 0 Å². The molecule has 1 N–H and O–H groups in total. The molecule has 9 nitrogen and oxygen atoms in total. The van der Waals surface area contributed by atoms with Gasteiger partial charge in [-0.15, -0.1) is 10.2 Å². The zero-order chi connectivity index (χ0) is 24.5. The molecule has 12 heteroatoms. The van der Waals surface area contributed by atoms with Crippen LogP contribution in [0, 0.1) is 11.7 Å². The summed E-state index contributed by atoms with van der Waals surface area (Å²) in [6.07, 6.45) is 0.220. The summed E-state index contributed by atoms with van der Waals surface area (Å²) in [5, 5.41) is 10.2. The maximum Gasteiger partial charge on any atom is 0.331 e. The summed E-state index contributed by atoms with van der Waals surface area (Å²) in [5.41, 5.74) is -0.0479. The first kappa shape index (κ1) is 23.0. The molecule has 0 atom stereocenters. The number of nitrogens with one attached hydrogen (secondary N) is 1. The molecular formula is C23H21F3N6O3. The minimum atomic E-state index is -2.89. The molecule has 3 aromatic heterocycles. The van der Waals surface area contributed by atoms with E-state index in [4.69, 9.17) is 4.42 Å². The Bertz CT molecular complexity index is 1470. The highest BCUT2D eigenvalue weighted by Gasteiger charge is 2.20. The number of alkyl halides is 2. The maximum absolute atomic E-state index is 14.0. The first-order chi connectivity index (χ1) is 16.9. The van der Waals surface area contributed by atoms with Gasteiger partial charge in [-0.05, 0) is 62.2 Å². The Labute approximate surface area is 196 Å². The van der Waals surface area contributed by atoms with Gasteiger partial charge in [0.15, 0.2) is 0 Å². The van der Waals surface area contributed by atoms with Crippen molar-refractivity contribution in [3.05, 3.63) is 74.8 Å². The van der Waals surface area contributed by atoms with Gasteiger partial charge in [-0.2, -0.15) is 8.78 Å². The van der Waals surface area contributed by atoms with Gasteiger partial charge in [0.1, 0.15) is 5.82 Å². The van der Waals surface area contributed by atoms with E-state index in [9.17, 15) is 22.8 Å². The molecule has 4 heterocycles. The quantitative estimate of drug-likeness (QED) is 0.447. The van der Waals surface area contributed by atoms with Gasteiger partial charge in [-0.3, -0.25) is 18.9 Å². The van der Waals surface area contributed by atoms with Crippen molar-refractivity contribution in [1.82, 2.24) is 29.6 Å². The second-order valence-corrected chi connectivity index (χ2v) is 8.42. The summed E-state index contributed by atoms with van der Waals surface area (Å²) >= 11 is 0. The average Bonchev–Trinajstić information content (AvgIpc) is 3.36. The SMILES string of the molecule is O=c1c2cc(F)ccc2n(CC2CCNCC2)c(=O)n1Cc1ccc(-c2nnc(C(F)F)o2)cn1. The Balaban J connectivity index is 1.50. The van der Waals surface area contributed by atoms with Crippen LogP contribution in [0.2, 0.25) is 0 Å². The molecule has 0 radical (unpaired) electrons. The third kappa shape index (κ3) is 4.61. The van der Waals surface area contributed by atoms with Gasteiger partial charge in [0, 0.05) is 12.7 Å². The Kier molecular flexibility index (Phi) is 6.20. The Morgan fingerprint density at radius 1 is 1.09 bits per heavy atom. The van der Waals surface area contributed by atoms with Gasteiger partial charge < -0.3 is 9.73 Å². The molecule has 0 bridgehead atoms. The molecule has 0 unspecified atom stereocenters. The number of fused-ring (bicyclic) bond motifs is 1. The summed E-state index contributed by atoms with van der Waals surface area (Å²) in [6.45, 7) is 1.96. The average molecular weight is 486 g/mol. The topological polar surface area (TPSA) is 108 Å². The standard InChI is InChI=1S/C23H21F3N6O3/c24-15-2-4-18-17(9-15)22(33)32(23(34)31(18)11-13-5-7-27-8-6-13)12-16-3-1-14(10-28-16)20-29-30-21(35-20)19(25)26/h1-4,9-10,13,19,27H,5-8,11-12H2. The van der Waals surface area contributed by atoms with Crippen molar-refractivity contribution in [2.24, 2.45) is 5.92 Å². The van der Waals surface area contributed by atoms with Gasteiger partial charge in [0.25, 0.3) is 11.4 Å². The van der Waals surface area contributed by atoms with Crippen molar-refractivity contribution in [3.63, 3.8) is 0 Å². The number of pyridine rings is 1. The first-order valence-electron chi connectivity index (χ1n) is 11.1. The summed E-state index contributed by atoms with van der Waals surface area (Å²) in [6, 6.07) is 6.88. The van der Waals surface area contributed by atoms with E-state index in [-0.39, 0.29) is 23.7 Å². The van der Waals surface area contributed by atoms with Crippen molar-refractivity contribution in [3.8, 4) is 11.5 Å². The van der Waals surface area contributed by atoms with Crippen LogP contribution in [-0.4, -0.2) is 37.4 Å². The number of benzene rings is 1. The van der Waals surface area contributed by atoms with Crippen LogP contribution in [0.25, 0.3) is 22.4 Å². The number of hydrogen-bond donors (Lipinski definition) is 1. The highest BCUT2D eigenvalue weighted by molar-refractivity contribution is 5.78. The molecule has 1 saturated heterocycles. The van der Waals surface area contributed by atoms with Crippen LogP contribution in [0.5, 0.6) is 0 Å². The number of rotatable bonds is 6. The van der Waals surface area contributed by atoms with Crippen LogP contribution in [0.1, 0.15) is 30.9 Å². The lowest BCUT2D eigenvalue weighted by Crippen LogP contribution is -2.42. The van der Waals surface area contributed by atoms with Crippen LogP contribution in [0.3, 0.4) is 0 Å². The lowest BCUT2D eigenvalue weighted by molar-refractivity contribution is 0.116. The summed E-state index contributed by atoms with van der Waals surface area (Å²) < 4.78 is 46.9. The van der Waals surface area contributed by atoms with E-state index in [2.05, 4.69) is 20.5 Å². The van der Waals surface area contributed by atoms with E-state index in [0.717, 1.165) is 36.6 Å². The molecule has 1 aliphatic heterocycles. The van der Waals surface area contributed by atoms with Crippen molar-refractivity contribution >= 4 is 10.9 Å². The predicted molar refractivity (Wildman–Crippen MR) is 120 cm³/mol. The number of piperidine rings is 1. The van der Waals surface area contributed by atoms with Crippen molar-refractivity contribution in [1.29, 1.82) is 0 Å². The number of halogens is 3. The fraction of sp³-hybridized carbons (Fsp3) is 0.348. The maximum atomic E-state index is 14.0. The third-order valence-electron chi connectivity index (χ3n) is 6.11. The number of nitrogens with zero attached hydrogens (tertiary/aromatic N) is 5. The second kappa shape index (κ2) is 9.45. The lowest BCUT2D eigenvalue weighted by atomic mass is 9.98. The number of hydrogen-bond acceptors (Lipinski definition) is 7. The van der Waals surface area contributed by atoms with Crippen molar-refractivity contribution in [2.75, 3.05) is 13.1 Å². The van der Waals surface area contributed by atoms with Crippen LogP contribution in [0.15, 0.2) is 50.5 Å². The molecule has 4 aromatic rings. The van der Waals surface area contributed by atoms with Crippen molar-refractivity contribution in [2.45, 2.75) is 32.4 Å². The molecule has 0 aliphatic carbocycles. The molecule has 1 fully saturated rings. The minimum absolute atomic E-state index is 0.112. The van der Waals surface area contributed by atoms with Gasteiger partial charge in [-0.1, -0.05) is 0 Å². The Morgan fingerprint density at radius 2 is 1.89 bits per heavy atom. The second-order valence-electron chi connectivity index (χ2n) is 8.42. The van der Waals surface area contributed by atoms with E-state index in [1.54, 1.807) is 0 Å². The van der Waals surface area contributed by atoms with Crippen LogP contribution in [-0.2, 0) is 13.1 Å². The van der Waals surface area contributed by atoms with E-state index in [0.29, 0.717) is 23.3 Å². The molecule has 35 heavy (non-hydrogen) atoms. The third-order valence-corrected chi connectivity index (χ3v) is 6.11. The van der Waals surface area contributed by atoms with Gasteiger partial charge in [-0.25, -0.2) is 9.18 Å². The predicted octanol–water partition coefficient (Wildman–Crippen LogP) is 2.73. The summed E-state index contributed by atoms with van der Waals surface area (Å²) in [4.78, 5) is 30.8. The summed E-state index contributed by atoms with van der Waals surface area (Å²) in [5.74, 6) is -1.24. The summed E-state index contributed by atoms with van der Waals surface area (Å²) in [7, 11) is 0. The molecule has 0 amide bonds. The molecule has 1 aliphatic rings. The smallest absolute Gasteiger partial charge is 0.331 e. The van der Waals surface area contributed by atoms with E-state index in [1.165, 1.54) is 35.0 Å². The first-order valence-corrected chi connectivity index (χ1v) is 11.1. The van der Waals surface area contributed by atoms with Crippen LogP contribution < -0.4 is 16.6 Å². The zero-order valence-electron chi connectivity index (χ0n) is 18.5. The Hall–Kier alpha value is -3.80. The highest BCUT2D eigenvalue weighted by Crippen LogP contribution is 2.23. The van der Waals surface area contributed by atoms with Crippen LogP contribution >= 0.6 is 0 Å². The lowest BCUT2D eigenvalue weighted by Gasteiger charge is -2.24. The van der Waals surface area contributed by atoms with Gasteiger partial charge >= 0.3 is 12.1 Å². The highest BCUT2D eigenvalue weighted by atomic mass is 19.3. The van der Waals surface area contributed by atoms with Crippen LogP contribution in [0.4, 0.5) is 13.2 Å². The molecular weight excluding hydrogens is 465 g/mol. The fourth-order valence-electron chi connectivity index (χ4n) is 4.28. The zero-order valence-corrected chi connectivity index (χ0v) is 18.5. The molecule has 182 valence electrons. The fourth-order valence-corrected chi connectivity index (χ4v) is 4.28.